The number of anilines is 1. The second-order valence-corrected chi connectivity index (χ2v) is 8.94. The fourth-order valence-electron chi connectivity index (χ4n) is 2.65. The first-order chi connectivity index (χ1) is 13.5. The molecule has 0 bridgehead atoms. The largest absolute Gasteiger partial charge is 0.453 e. The average molecular weight is 548 g/mol. The first kappa shape index (κ1) is 21.9. The predicted molar refractivity (Wildman–Crippen MR) is 117 cm³/mol. The molecule has 1 atom stereocenters. The minimum Gasteiger partial charge on any atom is -0.453 e. The Labute approximate surface area is 188 Å². The maximum atomic E-state index is 13.3. The van der Waals surface area contributed by atoms with Gasteiger partial charge in [0.2, 0.25) is 0 Å². The third kappa shape index (κ3) is 4.51. The molecule has 4 nitrogen and oxygen atoms in total. The molecule has 1 aliphatic heterocycles. The van der Waals surface area contributed by atoms with Crippen molar-refractivity contribution in [2.45, 2.75) is 23.6 Å². The van der Waals surface area contributed by atoms with Crippen molar-refractivity contribution in [3.8, 4) is 0 Å². The van der Waals surface area contributed by atoms with Gasteiger partial charge in [-0.15, -0.1) is 11.8 Å². The van der Waals surface area contributed by atoms with E-state index >= 15 is 0 Å². The van der Waals surface area contributed by atoms with Crippen LogP contribution in [-0.4, -0.2) is 22.4 Å². The molecule has 0 aliphatic carbocycles. The number of ether oxygens (including phenoxy) is 1. The fourth-order valence-corrected chi connectivity index (χ4v) is 4.34. The van der Waals surface area contributed by atoms with Gasteiger partial charge in [-0.05, 0) is 78.1 Å². The Morgan fingerprint density at radius 1 is 1.28 bits per heavy atom. The van der Waals surface area contributed by atoms with E-state index in [1.54, 1.807) is 6.92 Å². The number of nitrogens with zero attached hydrogens (tertiary/aromatic N) is 2. The molecule has 29 heavy (non-hydrogen) atoms. The second kappa shape index (κ2) is 8.12. The minimum atomic E-state index is -4.73. The summed E-state index contributed by atoms with van der Waals surface area (Å²) in [5, 5.41) is -0.218. The summed E-state index contributed by atoms with van der Waals surface area (Å²) in [5.74, 6) is -0.320. The van der Waals surface area contributed by atoms with Crippen LogP contribution in [0.15, 0.2) is 47.4 Å². The standard InChI is InChI=1S/C19H12F3IN2O2S2/c1-18(10-29-13-6-3-11(23)4-7-13)16(26)25(17(28)27-18)12-5-8-15(24-2)14(9-12)19(20,21)22/h3-9H,10H2,1H3. The van der Waals surface area contributed by atoms with E-state index in [0.717, 1.165) is 25.5 Å². The van der Waals surface area contributed by atoms with Gasteiger partial charge in [0, 0.05) is 14.2 Å². The van der Waals surface area contributed by atoms with Crippen LogP contribution >= 0.6 is 46.6 Å². The number of carbonyl (C=O) groups is 1. The molecule has 0 N–H and O–H groups in total. The molecule has 1 heterocycles. The van der Waals surface area contributed by atoms with Gasteiger partial charge in [0.15, 0.2) is 11.3 Å². The smallest absolute Gasteiger partial charge is 0.407 e. The van der Waals surface area contributed by atoms with Crippen LogP contribution in [0.25, 0.3) is 4.85 Å². The molecule has 1 amide bonds. The average Bonchev–Trinajstić information content (AvgIpc) is 2.89. The number of halogens is 4. The zero-order chi connectivity index (χ0) is 21.4. The van der Waals surface area contributed by atoms with Crippen molar-refractivity contribution in [3.63, 3.8) is 0 Å². The number of carbonyl (C=O) groups excluding carboxylic acids is 1. The number of thiocarbonyl (C=S) groups is 1. The van der Waals surface area contributed by atoms with E-state index in [1.807, 2.05) is 24.3 Å². The van der Waals surface area contributed by atoms with Crippen LogP contribution in [0.2, 0.25) is 0 Å². The number of thioether (sulfide) groups is 1. The van der Waals surface area contributed by atoms with Gasteiger partial charge < -0.3 is 4.74 Å². The van der Waals surface area contributed by atoms with E-state index in [0.29, 0.717) is 0 Å². The molecule has 2 aromatic rings. The van der Waals surface area contributed by atoms with Gasteiger partial charge in [0.1, 0.15) is 0 Å². The number of hydrogen-bond acceptors (Lipinski definition) is 4. The van der Waals surface area contributed by atoms with E-state index < -0.39 is 28.9 Å². The Balaban J connectivity index is 1.87. The van der Waals surface area contributed by atoms with Crippen LogP contribution in [0.3, 0.4) is 0 Å². The summed E-state index contributed by atoms with van der Waals surface area (Å²) in [6.45, 7) is 8.48. The van der Waals surface area contributed by atoms with Crippen LogP contribution < -0.4 is 4.90 Å². The summed E-state index contributed by atoms with van der Waals surface area (Å²) in [5.41, 5.74) is -3.07. The lowest BCUT2D eigenvalue weighted by Gasteiger charge is -2.20. The third-order valence-corrected chi connectivity index (χ3v) is 6.43. The highest BCUT2D eigenvalue weighted by molar-refractivity contribution is 14.1. The maximum absolute atomic E-state index is 13.3. The van der Waals surface area contributed by atoms with Crippen molar-refractivity contribution < 1.29 is 22.7 Å². The molecule has 0 saturated carbocycles. The lowest BCUT2D eigenvalue weighted by atomic mass is 10.1. The van der Waals surface area contributed by atoms with Gasteiger partial charge >= 0.3 is 6.18 Å². The van der Waals surface area contributed by atoms with E-state index in [1.165, 1.54) is 17.8 Å². The van der Waals surface area contributed by atoms with Crippen molar-refractivity contribution >= 4 is 69.0 Å². The van der Waals surface area contributed by atoms with Crippen molar-refractivity contribution in [2.75, 3.05) is 10.7 Å². The summed E-state index contributed by atoms with van der Waals surface area (Å²) in [6.07, 6.45) is -4.73. The van der Waals surface area contributed by atoms with Crippen LogP contribution in [0.5, 0.6) is 0 Å². The molecule has 0 spiro atoms. The molecule has 10 heteroatoms. The summed E-state index contributed by atoms with van der Waals surface area (Å²) >= 11 is 8.70. The Morgan fingerprint density at radius 2 is 1.93 bits per heavy atom. The Bertz CT molecular complexity index is 1020. The number of amides is 1. The molecular formula is C19H12F3IN2O2S2. The van der Waals surface area contributed by atoms with E-state index in [9.17, 15) is 18.0 Å². The van der Waals surface area contributed by atoms with Gasteiger partial charge in [0.05, 0.1) is 17.8 Å². The Morgan fingerprint density at radius 3 is 2.52 bits per heavy atom. The molecule has 1 aliphatic rings. The number of benzene rings is 2. The number of alkyl halides is 3. The molecule has 150 valence electrons. The summed E-state index contributed by atoms with van der Waals surface area (Å²) < 4.78 is 46.5. The Kier molecular flexibility index (Phi) is 6.12. The lowest BCUT2D eigenvalue weighted by Crippen LogP contribution is -2.40. The molecule has 3 rings (SSSR count). The van der Waals surface area contributed by atoms with E-state index in [4.69, 9.17) is 23.5 Å². The van der Waals surface area contributed by atoms with Crippen molar-refractivity contribution in [1.82, 2.24) is 0 Å². The predicted octanol–water partition coefficient (Wildman–Crippen LogP) is 6.06. The van der Waals surface area contributed by atoms with Crippen LogP contribution in [0.4, 0.5) is 24.5 Å². The summed E-state index contributed by atoms with van der Waals surface area (Å²) in [4.78, 5) is 17.8. The van der Waals surface area contributed by atoms with Crippen LogP contribution in [-0.2, 0) is 15.7 Å². The highest BCUT2D eigenvalue weighted by atomic mass is 127. The normalized spacial score (nSPS) is 19.2. The molecule has 1 saturated heterocycles. The summed E-state index contributed by atoms with van der Waals surface area (Å²) in [6, 6.07) is 10.7. The first-order valence-electron chi connectivity index (χ1n) is 8.10. The van der Waals surface area contributed by atoms with Gasteiger partial charge in [-0.1, -0.05) is 6.07 Å². The molecule has 1 fully saturated rings. The minimum absolute atomic E-state index is 0.0808. The maximum Gasteiger partial charge on any atom is 0.407 e. The molecule has 2 aromatic carbocycles. The quantitative estimate of drug-likeness (QED) is 0.202. The zero-order valence-corrected chi connectivity index (χ0v) is 18.6. The fraction of sp³-hybridized carbons (Fsp3) is 0.211. The summed E-state index contributed by atoms with van der Waals surface area (Å²) in [7, 11) is 0. The Hall–Kier alpha value is -1.84. The van der Waals surface area contributed by atoms with Crippen molar-refractivity contribution in [2.24, 2.45) is 0 Å². The monoisotopic (exact) mass is 548 g/mol. The zero-order valence-electron chi connectivity index (χ0n) is 14.8. The van der Waals surface area contributed by atoms with E-state index in [-0.39, 0.29) is 16.6 Å². The molecule has 1 unspecified atom stereocenters. The second-order valence-electron chi connectivity index (χ2n) is 6.29. The highest BCUT2D eigenvalue weighted by Crippen LogP contribution is 2.41. The lowest BCUT2D eigenvalue weighted by molar-refractivity contribution is -0.137. The van der Waals surface area contributed by atoms with Crippen molar-refractivity contribution in [3.05, 3.63) is 63.0 Å². The van der Waals surface area contributed by atoms with E-state index in [2.05, 4.69) is 27.4 Å². The highest BCUT2D eigenvalue weighted by Gasteiger charge is 2.49. The molecule has 0 radical (unpaired) electrons. The van der Waals surface area contributed by atoms with Crippen LogP contribution in [0, 0.1) is 10.1 Å². The third-order valence-electron chi connectivity index (χ3n) is 4.14. The molecular weight excluding hydrogens is 536 g/mol. The van der Waals surface area contributed by atoms with Gasteiger partial charge in [0.25, 0.3) is 11.1 Å². The number of hydrogen-bond donors (Lipinski definition) is 0. The molecule has 0 aromatic heterocycles. The topological polar surface area (TPSA) is 33.9 Å². The van der Waals surface area contributed by atoms with Gasteiger partial charge in [-0.25, -0.2) is 9.74 Å². The first-order valence-corrected chi connectivity index (χ1v) is 10.6. The van der Waals surface area contributed by atoms with Crippen LogP contribution in [0.1, 0.15) is 12.5 Å². The van der Waals surface area contributed by atoms with Gasteiger partial charge in [-0.3, -0.25) is 4.79 Å². The van der Waals surface area contributed by atoms with Crippen molar-refractivity contribution in [1.29, 1.82) is 0 Å². The SMILES string of the molecule is [C-]#[N+]c1ccc(N2C(=O)C(C)(CSc3ccc(I)cc3)OC2=S)cc1C(F)(F)F. The van der Waals surface area contributed by atoms with Gasteiger partial charge in [-0.2, -0.15) is 13.2 Å². The number of rotatable bonds is 4.